The molecule has 0 aromatic heterocycles. The first-order chi connectivity index (χ1) is 9.72. The number of amides is 2. The van der Waals surface area contributed by atoms with Gasteiger partial charge < -0.3 is 5.32 Å². The van der Waals surface area contributed by atoms with Crippen LogP contribution < -0.4 is 10.8 Å². The molecule has 0 heterocycles. The van der Waals surface area contributed by atoms with E-state index in [0.29, 0.717) is 6.61 Å². The molecule has 112 valence electrons. The van der Waals surface area contributed by atoms with Crippen molar-refractivity contribution >= 4 is 27.6 Å². The predicted octanol–water partition coefficient (Wildman–Crippen LogP) is 4.86. The third-order valence-electron chi connectivity index (χ3n) is 2.87. The highest BCUT2D eigenvalue weighted by atomic mass is 79.9. The fourth-order valence-corrected chi connectivity index (χ4v) is 2.03. The average molecular weight is 343 g/mol. The molecule has 0 bridgehead atoms. The number of anilines is 1. The van der Waals surface area contributed by atoms with E-state index in [9.17, 15) is 4.79 Å². The quantitative estimate of drug-likeness (QED) is 0.497. The molecular formula is C15H23BrN2O2. The Morgan fingerprint density at radius 2 is 1.75 bits per heavy atom. The van der Waals surface area contributed by atoms with Gasteiger partial charge in [0.15, 0.2) is 0 Å². The molecular weight excluding hydrogens is 320 g/mol. The van der Waals surface area contributed by atoms with E-state index in [4.69, 9.17) is 4.84 Å². The summed E-state index contributed by atoms with van der Waals surface area (Å²) in [6, 6.07) is 7.02. The zero-order valence-corrected chi connectivity index (χ0v) is 13.5. The van der Waals surface area contributed by atoms with E-state index in [1.807, 2.05) is 24.3 Å². The molecule has 2 N–H and O–H groups in total. The van der Waals surface area contributed by atoms with Crippen molar-refractivity contribution < 1.29 is 9.63 Å². The van der Waals surface area contributed by atoms with Gasteiger partial charge in [-0.3, -0.25) is 4.84 Å². The number of halogens is 1. The Hall–Kier alpha value is -1.07. The Kier molecular flexibility index (Phi) is 9.07. The van der Waals surface area contributed by atoms with Crippen molar-refractivity contribution in [1.29, 1.82) is 0 Å². The van der Waals surface area contributed by atoms with Crippen LogP contribution in [0.4, 0.5) is 10.5 Å². The minimum atomic E-state index is -0.349. The smallest absolute Gasteiger partial charge is 0.306 e. The Balaban J connectivity index is 2.01. The maximum absolute atomic E-state index is 11.5. The van der Waals surface area contributed by atoms with Crippen molar-refractivity contribution in [3.63, 3.8) is 0 Å². The van der Waals surface area contributed by atoms with E-state index in [1.165, 1.54) is 25.7 Å². The van der Waals surface area contributed by atoms with Crippen molar-refractivity contribution in [2.75, 3.05) is 11.9 Å². The van der Waals surface area contributed by atoms with E-state index in [0.717, 1.165) is 23.0 Å². The highest BCUT2D eigenvalue weighted by molar-refractivity contribution is 9.10. The molecule has 0 saturated carbocycles. The van der Waals surface area contributed by atoms with E-state index >= 15 is 0 Å². The number of nitrogens with one attached hydrogen (secondary N) is 2. The van der Waals surface area contributed by atoms with Crippen LogP contribution in [0.1, 0.15) is 45.4 Å². The van der Waals surface area contributed by atoms with Gasteiger partial charge in [0.1, 0.15) is 0 Å². The van der Waals surface area contributed by atoms with Crippen molar-refractivity contribution in [2.45, 2.75) is 45.4 Å². The minimum Gasteiger partial charge on any atom is -0.306 e. The second-order valence-corrected chi connectivity index (χ2v) is 5.59. The molecule has 0 fully saturated rings. The third kappa shape index (κ3) is 8.17. The summed E-state index contributed by atoms with van der Waals surface area (Å²) in [7, 11) is 0. The lowest BCUT2D eigenvalue weighted by molar-refractivity contribution is 0.0631. The molecule has 0 aliphatic rings. The van der Waals surface area contributed by atoms with Crippen molar-refractivity contribution in [3.8, 4) is 0 Å². The average Bonchev–Trinajstić information content (AvgIpc) is 2.44. The molecule has 1 aromatic rings. The van der Waals surface area contributed by atoms with Crippen LogP contribution in [0.5, 0.6) is 0 Å². The van der Waals surface area contributed by atoms with E-state index in [-0.39, 0.29) is 6.03 Å². The van der Waals surface area contributed by atoms with Crippen LogP contribution in [0.3, 0.4) is 0 Å². The van der Waals surface area contributed by atoms with Gasteiger partial charge in [-0.05, 0) is 30.7 Å². The zero-order chi connectivity index (χ0) is 14.6. The zero-order valence-electron chi connectivity index (χ0n) is 12.0. The van der Waals surface area contributed by atoms with Gasteiger partial charge in [-0.25, -0.2) is 10.3 Å². The normalized spacial score (nSPS) is 10.3. The van der Waals surface area contributed by atoms with Crippen LogP contribution in [0, 0.1) is 0 Å². The fourth-order valence-electron chi connectivity index (χ4n) is 1.76. The summed E-state index contributed by atoms with van der Waals surface area (Å²) in [5, 5.41) is 2.69. The lowest BCUT2D eigenvalue weighted by Crippen LogP contribution is -2.29. The van der Waals surface area contributed by atoms with Crippen LogP contribution in [0.25, 0.3) is 0 Å². The number of carbonyl (C=O) groups excluding carboxylic acids is 1. The molecule has 20 heavy (non-hydrogen) atoms. The Bertz CT molecular complexity index is 382. The van der Waals surface area contributed by atoms with E-state index in [2.05, 4.69) is 33.7 Å². The first-order valence-corrected chi connectivity index (χ1v) is 7.96. The predicted molar refractivity (Wildman–Crippen MR) is 85.6 cm³/mol. The first-order valence-electron chi connectivity index (χ1n) is 7.16. The monoisotopic (exact) mass is 342 g/mol. The van der Waals surface area contributed by atoms with Crippen molar-refractivity contribution in [1.82, 2.24) is 5.48 Å². The first kappa shape index (κ1) is 17.0. The summed E-state index contributed by atoms with van der Waals surface area (Å²) in [5.74, 6) is 0. The van der Waals surface area contributed by atoms with E-state index < -0.39 is 0 Å². The summed E-state index contributed by atoms with van der Waals surface area (Å²) in [5.41, 5.74) is 3.12. The molecule has 4 nitrogen and oxygen atoms in total. The number of hydrogen-bond donors (Lipinski definition) is 2. The van der Waals surface area contributed by atoms with Gasteiger partial charge in [0.05, 0.1) is 6.61 Å². The largest absolute Gasteiger partial charge is 0.343 e. The summed E-state index contributed by atoms with van der Waals surface area (Å²) in [6.07, 6.45) is 7.21. The minimum absolute atomic E-state index is 0.349. The van der Waals surface area contributed by atoms with Crippen LogP contribution in [-0.4, -0.2) is 12.6 Å². The van der Waals surface area contributed by atoms with Crippen LogP contribution in [-0.2, 0) is 4.84 Å². The van der Waals surface area contributed by atoms with Crippen LogP contribution >= 0.6 is 15.9 Å². The molecule has 0 spiro atoms. The summed E-state index contributed by atoms with van der Waals surface area (Å²) in [6.45, 7) is 2.76. The molecule has 0 radical (unpaired) electrons. The van der Waals surface area contributed by atoms with Crippen molar-refractivity contribution in [2.24, 2.45) is 0 Å². The molecule has 0 atom stereocenters. The summed E-state index contributed by atoms with van der Waals surface area (Å²) < 4.78 is 0.975. The molecule has 0 unspecified atom stereocenters. The standard InChI is InChI=1S/C15H23BrN2O2/c1-2-3-4-5-6-7-12-20-18-15(19)17-14-10-8-13(16)9-11-14/h8-11H,2-7,12H2,1H3,(H2,17,18,19). The van der Waals surface area contributed by atoms with Gasteiger partial charge in [-0.15, -0.1) is 0 Å². The maximum Gasteiger partial charge on any atom is 0.343 e. The topological polar surface area (TPSA) is 50.4 Å². The Morgan fingerprint density at radius 1 is 1.10 bits per heavy atom. The lowest BCUT2D eigenvalue weighted by atomic mass is 10.1. The van der Waals surface area contributed by atoms with Gasteiger partial charge >= 0.3 is 6.03 Å². The molecule has 0 aliphatic carbocycles. The number of unbranched alkanes of at least 4 members (excludes halogenated alkanes) is 5. The fraction of sp³-hybridized carbons (Fsp3) is 0.533. The van der Waals surface area contributed by atoms with Gasteiger partial charge in [0, 0.05) is 10.2 Å². The van der Waals surface area contributed by atoms with Crippen LogP contribution in [0.15, 0.2) is 28.7 Å². The van der Waals surface area contributed by atoms with Gasteiger partial charge in [0.2, 0.25) is 0 Å². The van der Waals surface area contributed by atoms with Gasteiger partial charge in [0.25, 0.3) is 0 Å². The number of urea groups is 1. The van der Waals surface area contributed by atoms with Crippen molar-refractivity contribution in [3.05, 3.63) is 28.7 Å². The van der Waals surface area contributed by atoms with Crippen LogP contribution in [0.2, 0.25) is 0 Å². The number of hydrogen-bond acceptors (Lipinski definition) is 2. The number of hydroxylamine groups is 1. The molecule has 1 rings (SSSR count). The maximum atomic E-state index is 11.5. The molecule has 0 aliphatic heterocycles. The molecule has 1 aromatic carbocycles. The Morgan fingerprint density at radius 3 is 2.45 bits per heavy atom. The Labute approximate surface area is 129 Å². The number of carbonyl (C=O) groups is 1. The highest BCUT2D eigenvalue weighted by Crippen LogP contribution is 2.13. The van der Waals surface area contributed by atoms with E-state index in [1.54, 1.807) is 0 Å². The molecule has 0 saturated heterocycles. The second-order valence-electron chi connectivity index (χ2n) is 4.68. The third-order valence-corrected chi connectivity index (χ3v) is 3.40. The van der Waals surface area contributed by atoms with Gasteiger partial charge in [-0.1, -0.05) is 55.0 Å². The SMILES string of the molecule is CCCCCCCCONC(=O)Nc1ccc(Br)cc1. The lowest BCUT2D eigenvalue weighted by Gasteiger charge is -2.08. The summed E-state index contributed by atoms with van der Waals surface area (Å²) in [4.78, 5) is 16.6. The molecule has 2 amide bonds. The molecule has 5 heteroatoms. The highest BCUT2D eigenvalue weighted by Gasteiger charge is 2.01. The number of rotatable bonds is 9. The van der Waals surface area contributed by atoms with Gasteiger partial charge in [-0.2, -0.15) is 0 Å². The number of benzene rings is 1. The second kappa shape index (κ2) is 10.7. The summed E-state index contributed by atoms with van der Waals surface area (Å²) >= 11 is 3.34.